The number of aromatic carboxylic acids is 1. The zero-order chi connectivity index (χ0) is 21.9. The topological polar surface area (TPSA) is 115 Å². The number of aromatic nitrogens is 1. The molecular weight excluding hydrogens is 394 g/mol. The Hall–Kier alpha value is -3.46. The number of pyridine rings is 1. The molecule has 3 aromatic rings. The van der Waals surface area contributed by atoms with Crippen LogP contribution >= 0.6 is 0 Å². The third-order valence-electron chi connectivity index (χ3n) is 5.48. The van der Waals surface area contributed by atoms with Crippen LogP contribution in [-0.4, -0.2) is 34.8 Å². The van der Waals surface area contributed by atoms with E-state index in [0.717, 1.165) is 6.07 Å². The third kappa shape index (κ3) is 2.89. The number of fused-ring (bicyclic) bond motifs is 1. The van der Waals surface area contributed by atoms with Gasteiger partial charge in [0.15, 0.2) is 0 Å². The Labute approximate surface area is 170 Å². The first kappa shape index (κ1) is 19.8. The van der Waals surface area contributed by atoms with Crippen LogP contribution in [0.25, 0.3) is 16.6 Å². The number of nitrogen functional groups attached to an aromatic ring is 1. The summed E-state index contributed by atoms with van der Waals surface area (Å²) in [5.74, 6) is -2.69. The van der Waals surface area contributed by atoms with Crippen LogP contribution in [0.1, 0.15) is 21.5 Å². The molecule has 1 saturated heterocycles. The van der Waals surface area contributed by atoms with E-state index in [1.54, 1.807) is 18.7 Å². The molecule has 9 heteroatoms. The van der Waals surface area contributed by atoms with Crippen molar-refractivity contribution >= 4 is 28.2 Å². The number of benzene rings is 2. The number of anilines is 2. The number of nitrogens with zero attached hydrogens (tertiary/aromatic N) is 2. The van der Waals surface area contributed by atoms with Crippen molar-refractivity contribution < 1.29 is 18.7 Å². The summed E-state index contributed by atoms with van der Waals surface area (Å²) in [6.07, 6.45) is 1.17. The van der Waals surface area contributed by atoms with Crippen molar-refractivity contribution in [2.45, 2.75) is 19.9 Å². The molecule has 0 saturated carbocycles. The predicted molar refractivity (Wildman–Crippen MR) is 110 cm³/mol. The van der Waals surface area contributed by atoms with Crippen LogP contribution in [0.15, 0.2) is 29.2 Å². The smallest absolute Gasteiger partial charge is 0.341 e. The lowest BCUT2D eigenvalue weighted by atomic mass is 10.0. The molecule has 2 heterocycles. The van der Waals surface area contributed by atoms with E-state index < -0.39 is 28.6 Å². The van der Waals surface area contributed by atoms with Crippen molar-refractivity contribution in [3.8, 4) is 5.69 Å². The molecule has 1 aliphatic heterocycles. The van der Waals surface area contributed by atoms with Crippen molar-refractivity contribution in [2.75, 3.05) is 23.7 Å². The van der Waals surface area contributed by atoms with Crippen LogP contribution in [0, 0.1) is 25.5 Å². The lowest BCUT2D eigenvalue weighted by Gasteiger charge is -2.40. The van der Waals surface area contributed by atoms with E-state index in [9.17, 15) is 23.5 Å². The molecule has 7 nitrogen and oxygen atoms in total. The molecule has 0 spiro atoms. The van der Waals surface area contributed by atoms with Gasteiger partial charge in [-0.15, -0.1) is 0 Å². The van der Waals surface area contributed by atoms with Gasteiger partial charge in [0.25, 0.3) is 0 Å². The van der Waals surface area contributed by atoms with Gasteiger partial charge in [-0.25, -0.2) is 13.6 Å². The molecule has 156 valence electrons. The highest BCUT2D eigenvalue weighted by Gasteiger charge is 2.29. The maximum absolute atomic E-state index is 15.0. The fraction of sp³-hybridized carbons (Fsp3) is 0.238. The monoisotopic (exact) mass is 414 g/mol. The third-order valence-corrected chi connectivity index (χ3v) is 5.48. The van der Waals surface area contributed by atoms with Crippen LogP contribution in [-0.2, 0) is 0 Å². The molecule has 0 aliphatic carbocycles. The number of hydrogen-bond acceptors (Lipinski definition) is 5. The molecule has 30 heavy (non-hydrogen) atoms. The van der Waals surface area contributed by atoms with E-state index in [1.807, 2.05) is 0 Å². The molecule has 1 aliphatic rings. The Morgan fingerprint density at radius 3 is 2.43 bits per heavy atom. The Morgan fingerprint density at radius 2 is 1.83 bits per heavy atom. The van der Waals surface area contributed by atoms with Crippen LogP contribution in [0.3, 0.4) is 0 Å². The second kappa shape index (κ2) is 6.81. The first-order valence-electron chi connectivity index (χ1n) is 9.28. The largest absolute Gasteiger partial charge is 0.477 e. The van der Waals surface area contributed by atoms with E-state index in [4.69, 9.17) is 11.5 Å². The molecule has 0 unspecified atom stereocenters. The Bertz CT molecular complexity index is 1280. The fourth-order valence-electron chi connectivity index (χ4n) is 4.00. The number of halogens is 2. The highest BCUT2D eigenvalue weighted by Crippen LogP contribution is 2.35. The second-order valence-electron chi connectivity index (χ2n) is 7.60. The quantitative estimate of drug-likeness (QED) is 0.567. The Balaban J connectivity index is 2.14. The first-order chi connectivity index (χ1) is 14.1. The summed E-state index contributed by atoms with van der Waals surface area (Å²) in [5, 5.41) is 9.43. The van der Waals surface area contributed by atoms with Crippen molar-refractivity contribution in [1.82, 2.24) is 4.57 Å². The van der Waals surface area contributed by atoms with E-state index >= 15 is 0 Å². The van der Waals surface area contributed by atoms with Crippen LogP contribution < -0.4 is 21.8 Å². The fourth-order valence-corrected chi connectivity index (χ4v) is 4.00. The predicted octanol–water partition coefficient (Wildman–Crippen LogP) is 2.31. The summed E-state index contributed by atoms with van der Waals surface area (Å²) in [6.45, 7) is 4.21. The SMILES string of the molecule is Cc1cc(F)c(N)cc1-n1cc(C(=O)O)c(=O)c2cc(F)c(N3CC(N)C3)c(C)c21. The molecule has 0 atom stereocenters. The summed E-state index contributed by atoms with van der Waals surface area (Å²) in [4.78, 5) is 26.2. The average molecular weight is 414 g/mol. The lowest BCUT2D eigenvalue weighted by Crippen LogP contribution is -2.56. The minimum Gasteiger partial charge on any atom is -0.477 e. The lowest BCUT2D eigenvalue weighted by molar-refractivity contribution is 0.0695. The van der Waals surface area contributed by atoms with Crippen LogP contribution in [0.4, 0.5) is 20.2 Å². The van der Waals surface area contributed by atoms with E-state index in [2.05, 4.69) is 0 Å². The van der Waals surface area contributed by atoms with Crippen molar-refractivity contribution in [3.05, 3.63) is 62.9 Å². The molecule has 1 fully saturated rings. The number of carboxylic acids is 1. The van der Waals surface area contributed by atoms with Crippen molar-refractivity contribution in [1.29, 1.82) is 0 Å². The van der Waals surface area contributed by atoms with Crippen LogP contribution in [0.5, 0.6) is 0 Å². The zero-order valence-corrected chi connectivity index (χ0v) is 16.4. The maximum Gasteiger partial charge on any atom is 0.341 e. The van der Waals surface area contributed by atoms with Gasteiger partial charge in [0, 0.05) is 30.9 Å². The molecule has 5 N–H and O–H groups in total. The summed E-state index contributed by atoms with van der Waals surface area (Å²) >= 11 is 0. The maximum atomic E-state index is 15.0. The van der Waals surface area contributed by atoms with Gasteiger partial charge in [-0.05, 0) is 37.6 Å². The van der Waals surface area contributed by atoms with Gasteiger partial charge < -0.3 is 26.0 Å². The van der Waals surface area contributed by atoms with Crippen molar-refractivity contribution in [2.24, 2.45) is 5.73 Å². The number of nitrogens with two attached hydrogens (primary N) is 2. The normalized spacial score (nSPS) is 14.2. The molecular formula is C21H20F2N4O3. The van der Waals surface area contributed by atoms with Crippen molar-refractivity contribution in [3.63, 3.8) is 0 Å². The minimum absolute atomic E-state index is 0.0739. The van der Waals surface area contributed by atoms with Gasteiger partial charge in [-0.3, -0.25) is 4.79 Å². The van der Waals surface area contributed by atoms with Gasteiger partial charge in [-0.2, -0.15) is 0 Å². The zero-order valence-electron chi connectivity index (χ0n) is 16.4. The van der Waals surface area contributed by atoms with Gasteiger partial charge in [0.2, 0.25) is 5.43 Å². The number of carboxylic acid groups (broad SMARTS) is 1. The Morgan fingerprint density at radius 1 is 1.17 bits per heavy atom. The first-order valence-corrected chi connectivity index (χ1v) is 9.28. The average Bonchev–Trinajstić information content (AvgIpc) is 2.64. The summed E-state index contributed by atoms with van der Waals surface area (Å²) in [7, 11) is 0. The van der Waals surface area contributed by atoms with Gasteiger partial charge in [0.05, 0.1) is 28.0 Å². The molecule has 0 radical (unpaired) electrons. The van der Waals surface area contributed by atoms with Gasteiger partial charge in [-0.1, -0.05) is 0 Å². The van der Waals surface area contributed by atoms with E-state index in [-0.39, 0.29) is 17.1 Å². The van der Waals surface area contributed by atoms with Gasteiger partial charge in [0.1, 0.15) is 17.2 Å². The second-order valence-corrected chi connectivity index (χ2v) is 7.60. The summed E-state index contributed by atoms with van der Waals surface area (Å²) in [6, 6.07) is 3.57. The van der Waals surface area contributed by atoms with Gasteiger partial charge >= 0.3 is 5.97 Å². The minimum atomic E-state index is -1.45. The number of carbonyl (C=O) groups is 1. The molecule has 0 bridgehead atoms. The Kier molecular flexibility index (Phi) is 4.50. The highest BCUT2D eigenvalue weighted by molar-refractivity contribution is 5.96. The highest BCUT2D eigenvalue weighted by atomic mass is 19.1. The molecule has 4 rings (SSSR count). The molecule has 0 amide bonds. The number of aryl methyl sites for hydroxylation is 2. The van der Waals surface area contributed by atoms with E-state index in [0.29, 0.717) is 41.1 Å². The number of hydrogen-bond donors (Lipinski definition) is 3. The standard InChI is InChI=1S/C21H20F2N4O3/c1-9-3-14(22)16(25)5-17(9)27-8-13(21(29)30)20(28)12-4-15(23)19(10(2)18(12)27)26-6-11(24)7-26/h3-5,8,11H,6-7,24-25H2,1-2H3,(H,29,30). The molecule has 2 aromatic carbocycles. The summed E-state index contributed by atoms with van der Waals surface area (Å²) < 4.78 is 30.3. The van der Waals surface area contributed by atoms with E-state index in [1.165, 1.54) is 22.9 Å². The van der Waals surface area contributed by atoms with Crippen LogP contribution in [0.2, 0.25) is 0 Å². The summed E-state index contributed by atoms with van der Waals surface area (Å²) in [5.41, 5.74) is 12.1. The molecule has 1 aromatic heterocycles. The number of rotatable bonds is 3.